The summed E-state index contributed by atoms with van der Waals surface area (Å²) in [5.74, 6) is 0.273. The molecule has 2 aromatic carbocycles. The Balaban J connectivity index is 0.00000300. The van der Waals surface area contributed by atoms with Crippen molar-refractivity contribution in [3.63, 3.8) is 0 Å². The molecule has 1 unspecified atom stereocenters. The van der Waals surface area contributed by atoms with Gasteiger partial charge in [0.15, 0.2) is 5.96 Å². The molecule has 1 saturated heterocycles. The van der Waals surface area contributed by atoms with Gasteiger partial charge >= 0.3 is 0 Å². The average Bonchev–Trinajstić information content (AvgIpc) is 3.07. The Bertz CT molecular complexity index is 872. The molecule has 1 fully saturated rings. The topological polar surface area (TPSA) is 99.8 Å². The van der Waals surface area contributed by atoms with Crippen molar-refractivity contribution in [2.24, 2.45) is 10.7 Å². The molecular weight excluding hydrogens is 481 g/mol. The van der Waals surface area contributed by atoms with E-state index < -0.39 is 5.91 Å². The van der Waals surface area contributed by atoms with E-state index in [1.807, 2.05) is 43.3 Å². The first-order valence-corrected chi connectivity index (χ1v) is 9.36. The van der Waals surface area contributed by atoms with Gasteiger partial charge in [0.1, 0.15) is 0 Å². The molecule has 0 spiro atoms. The van der Waals surface area contributed by atoms with Gasteiger partial charge in [-0.25, -0.2) is 4.99 Å². The highest BCUT2D eigenvalue weighted by atomic mass is 127. The van der Waals surface area contributed by atoms with Crippen LogP contribution in [0.15, 0.2) is 59.6 Å². The summed E-state index contributed by atoms with van der Waals surface area (Å²) < 4.78 is 0. The Hall–Kier alpha value is -2.62. The van der Waals surface area contributed by atoms with Crippen LogP contribution in [0.3, 0.4) is 0 Å². The van der Waals surface area contributed by atoms with Gasteiger partial charge in [0.05, 0.1) is 12.6 Å². The molecule has 29 heavy (non-hydrogen) atoms. The maximum absolute atomic E-state index is 12.4. The minimum Gasteiger partial charge on any atom is -0.366 e. The van der Waals surface area contributed by atoms with Gasteiger partial charge in [-0.3, -0.25) is 9.59 Å². The molecular formula is C21H26IN5O2. The molecule has 1 heterocycles. The minimum atomic E-state index is -0.457. The summed E-state index contributed by atoms with van der Waals surface area (Å²) in [5, 5.41) is 6.54. The Morgan fingerprint density at radius 1 is 1.21 bits per heavy atom. The summed E-state index contributed by atoms with van der Waals surface area (Å²) in [5.41, 5.74) is 7.59. The third-order valence-corrected chi connectivity index (χ3v) is 4.51. The highest BCUT2D eigenvalue weighted by Crippen LogP contribution is 2.21. The Morgan fingerprint density at radius 2 is 1.97 bits per heavy atom. The monoisotopic (exact) mass is 507 g/mol. The Kier molecular flexibility index (Phi) is 8.44. The Morgan fingerprint density at radius 3 is 2.66 bits per heavy atom. The van der Waals surface area contributed by atoms with Crippen molar-refractivity contribution in [1.82, 2.24) is 10.6 Å². The van der Waals surface area contributed by atoms with Crippen molar-refractivity contribution in [2.75, 3.05) is 18.0 Å². The molecule has 2 aromatic rings. The van der Waals surface area contributed by atoms with Crippen LogP contribution < -0.4 is 21.3 Å². The molecule has 1 aliphatic rings. The zero-order valence-corrected chi connectivity index (χ0v) is 18.6. The third kappa shape index (κ3) is 6.18. The van der Waals surface area contributed by atoms with Crippen LogP contribution in [-0.4, -0.2) is 36.9 Å². The lowest BCUT2D eigenvalue weighted by Gasteiger charge is -2.19. The molecule has 2 amide bonds. The molecule has 0 radical (unpaired) electrons. The Labute approximate surface area is 187 Å². The van der Waals surface area contributed by atoms with Crippen LogP contribution in [0.25, 0.3) is 0 Å². The number of anilines is 1. The van der Waals surface area contributed by atoms with E-state index in [1.54, 1.807) is 23.1 Å². The van der Waals surface area contributed by atoms with Crippen LogP contribution in [0.4, 0.5) is 5.69 Å². The number of carbonyl (C=O) groups is 2. The summed E-state index contributed by atoms with van der Waals surface area (Å²) in [4.78, 5) is 30.1. The van der Waals surface area contributed by atoms with E-state index in [0.717, 1.165) is 11.3 Å². The van der Waals surface area contributed by atoms with E-state index in [4.69, 9.17) is 5.73 Å². The van der Waals surface area contributed by atoms with Crippen LogP contribution in [0.2, 0.25) is 0 Å². The number of nitrogens with one attached hydrogen (secondary N) is 2. The third-order valence-electron chi connectivity index (χ3n) is 4.51. The van der Waals surface area contributed by atoms with Gasteiger partial charge in [0.25, 0.3) is 0 Å². The predicted molar refractivity (Wildman–Crippen MR) is 126 cm³/mol. The van der Waals surface area contributed by atoms with Crippen molar-refractivity contribution in [3.05, 3.63) is 65.7 Å². The summed E-state index contributed by atoms with van der Waals surface area (Å²) >= 11 is 0. The van der Waals surface area contributed by atoms with Gasteiger partial charge in [0, 0.05) is 30.8 Å². The number of aliphatic imine (C=N–C) groups is 1. The van der Waals surface area contributed by atoms with Crippen LogP contribution in [-0.2, 0) is 11.3 Å². The van der Waals surface area contributed by atoms with Crippen LogP contribution in [0.5, 0.6) is 0 Å². The molecule has 8 heteroatoms. The number of carbonyl (C=O) groups excluding carboxylic acids is 2. The number of primary amides is 1. The fourth-order valence-corrected chi connectivity index (χ4v) is 3.17. The SMILES string of the molecule is CCNC(=NCc1cccc(C(N)=O)c1)NC1CC(=O)N(c2ccccc2)C1.I. The largest absolute Gasteiger partial charge is 0.366 e. The molecule has 1 atom stereocenters. The van der Waals surface area contributed by atoms with Gasteiger partial charge in [-0.15, -0.1) is 24.0 Å². The summed E-state index contributed by atoms with van der Waals surface area (Å²) in [6.45, 7) is 3.68. The van der Waals surface area contributed by atoms with E-state index in [-0.39, 0.29) is 35.9 Å². The maximum atomic E-state index is 12.4. The lowest BCUT2D eigenvalue weighted by Crippen LogP contribution is -2.44. The number of amides is 2. The number of guanidine groups is 1. The first-order valence-electron chi connectivity index (χ1n) is 9.36. The smallest absolute Gasteiger partial charge is 0.248 e. The van der Waals surface area contributed by atoms with Gasteiger partial charge in [-0.05, 0) is 36.8 Å². The molecule has 7 nitrogen and oxygen atoms in total. The van der Waals surface area contributed by atoms with Crippen molar-refractivity contribution < 1.29 is 9.59 Å². The lowest BCUT2D eigenvalue weighted by molar-refractivity contribution is -0.117. The van der Waals surface area contributed by atoms with Gasteiger partial charge in [-0.2, -0.15) is 0 Å². The van der Waals surface area contributed by atoms with Crippen molar-refractivity contribution in [1.29, 1.82) is 0 Å². The molecule has 0 bridgehead atoms. The number of hydrogen-bond donors (Lipinski definition) is 3. The number of rotatable bonds is 6. The number of hydrogen-bond acceptors (Lipinski definition) is 3. The lowest BCUT2D eigenvalue weighted by atomic mass is 10.1. The standard InChI is InChI=1S/C21H25N5O2.HI/c1-2-23-21(24-13-15-7-6-8-16(11-15)20(22)28)25-17-12-19(27)26(14-17)18-9-4-3-5-10-18;/h3-11,17H,2,12-14H2,1H3,(H2,22,28)(H2,23,24,25);1H. The zero-order chi connectivity index (χ0) is 19.9. The van der Waals surface area contributed by atoms with Gasteiger partial charge < -0.3 is 21.3 Å². The quantitative estimate of drug-likeness (QED) is 0.318. The van der Waals surface area contributed by atoms with Crippen molar-refractivity contribution >= 4 is 47.4 Å². The van der Waals surface area contributed by atoms with Crippen LogP contribution in [0, 0.1) is 0 Å². The van der Waals surface area contributed by atoms with E-state index in [1.165, 1.54) is 0 Å². The molecule has 154 valence electrons. The van der Waals surface area contributed by atoms with Crippen molar-refractivity contribution in [2.45, 2.75) is 25.9 Å². The van der Waals surface area contributed by atoms with E-state index in [9.17, 15) is 9.59 Å². The molecule has 1 aliphatic heterocycles. The fourth-order valence-electron chi connectivity index (χ4n) is 3.17. The molecule has 0 aliphatic carbocycles. The fraction of sp³-hybridized carbons (Fsp3) is 0.286. The summed E-state index contributed by atoms with van der Waals surface area (Å²) in [6.07, 6.45) is 0.413. The second kappa shape index (κ2) is 10.8. The van der Waals surface area contributed by atoms with Crippen LogP contribution in [0.1, 0.15) is 29.3 Å². The first kappa shape index (κ1) is 22.7. The van der Waals surface area contributed by atoms with E-state index in [2.05, 4.69) is 15.6 Å². The van der Waals surface area contributed by atoms with E-state index in [0.29, 0.717) is 37.6 Å². The molecule has 3 rings (SSSR count). The average molecular weight is 507 g/mol. The maximum Gasteiger partial charge on any atom is 0.248 e. The zero-order valence-electron chi connectivity index (χ0n) is 16.3. The number of halogens is 1. The second-order valence-corrected chi connectivity index (χ2v) is 6.65. The molecule has 0 aromatic heterocycles. The minimum absolute atomic E-state index is 0. The summed E-state index contributed by atoms with van der Waals surface area (Å²) in [6, 6.07) is 16.7. The molecule has 4 N–H and O–H groups in total. The second-order valence-electron chi connectivity index (χ2n) is 6.65. The summed E-state index contributed by atoms with van der Waals surface area (Å²) in [7, 11) is 0. The first-order chi connectivity index (χ1) is 13.6. The van der Waals surface area contributed by atoms with Crippen LogP contribution >= 0.6 is 24.0 Å². The highest BCUT2D eigenvalue weighted by Gasteiger charge is 2.31. The van der Waals surface area contributed by atoms with Crippen molar-refractivity contribution in [3.8, 4) is 0 Å². The molecule has 0 saturated carbocycles. The van der Waals surface area contributed by atoms with Gasteiger partial charge in [-0.1, -0.05) is 30.3 Å². The normalized spacial score (nSPS) is 16.3. The van der Waals surface area contributed by atoms with E-state index >= 15 is 0 Å². The predicted octanol–water partition coefficient (Wildman–Crippen LogP) is 2.26. The number of nitrogens with zero attached hydrogens (tertiary/aromatic N) is 2. The number of benzene rings is 2. The number of para-hydroxylation sites is 1. The number of nitrogens with two attached hydrogens (primary N) is 1. The highest BCUT2D eigenvalue weighted by molar-refractivity contribution is 14.0. The van der Waals surface area contributed by atoms with Gasteiger partial charge in [0.2, 0.25) is 11.8 Å².